The van der Waals surface area contributed by atoms with E-state index in [4.69, 9.17) is 23.2 Å². The van der Waals surface area contributed by atoms with Crippen molar-refractivity contribution in [3.63, 3.8) is 0 Å². The first-order valence-corrected chi connectivity index (χ1v) is 13.7. The normalized spacial score (nSPS) is 12.1. The lowest BCUT2D eigenvalue weighted by atomic mass is 10.1. The zero-order valence-electron chi connectivity index (χ0n) is 21.0. The average molecular weight is 563 g/mol. The Labute approximate surface area is 228 Å². The fourth-order valence-electron chi connectivity index (χ4n) is 3.85. The average Bonchev–Trinajstić information content (AvgIpc) is 2.86. The Morgan fingerprint density at radius 2 is 1.62 bits per heavy atom. The fraction of sp³-hybridized carbons (Fsp3) is 0.259. The van der Waals surface area contributed by atoms with Gasteiger partial charge < -0.3 is 10.2 Å². The second kappa shape index (κ2) is 12.0. The number of nitrogens with one attached hydrogen (secondary N) is 1. The number of benzene rings is 3. The topological polar surface area (TPSA) is 86.8 Å². The van der Waals surface area contributed by atoms with Gasteiger partial charge in [0.1, 0.15) is 12.6 Å². The number of anilines is 1. The summed E-state index contributed by atoms with van der Waals surface area (Å²) < 4.78 is 28.7. The quantitative estimate of drug-likeness (QED) is 0.399. The van der Waals surface area contributed by atoms with Crippen LogP contribution < -0.4 is 9.62 Å². The number of aryl methyl sites for hydroxylation is 2. The van der Waals surface area contributed by atoms with E-state index in [1.54, 1.807) is 68.4 Å². The van der Waals surface area contributed by atoms with Crippen molar-refractivity contribution in [3.8, 4) is 0 Å². The standard InChI is InChI=1S/C27H29Cl2N3O4S/c1-18-9-12-23(13-10-18)37(35,36)32(25-14-11-22(28)15-19(25)2)17-26(33)31(20(3)27(34)30-4)16-21-7-5-6-8-24(21)29/h5-15,20H,16-17H2,1-4H3,(H,30,34). The summed E-state index contributed by atoms with van der Waals surface area (Å²) in [5.74, 6) is -0.961. The zero-order valence-corrected chi connectivity index (χ0v) is 23.4. The molecule has 0 aliphatic rings. The maximum atomic E-state index is 13.8. The van der Waals surface area contributed by atoms with Crippen LogP contribution in [0.5, 0.6) is 0 Å². The van der Waals surface area contributed by atoms with E-state index in [0.717, 1.165) is 9.87 Å². The van der Waals surface area contributed by atoms with Gasteiger partial charge in [0, 0.05) is 23.6 Å². The van der Waals surface area contributed by atoms with Crippen LogP contribution >= 0.6 is 23.2 Å². The van der Waals surface area contributed by atoms with Gasteiger partial charge in [-0.2, -0.15) is 0 Å². The summed E-state index contributed by atoms with van der Waals surface area (Å²) in [4.78, 5) is 27.7. The van der Waals surface area contributed by atoms with Gasteiger partial charge in [0.25, 0.3) is 10.0 Å². The summed E-state index contributed by atoms with van der Waals surface area (Å²) in [5.41, 5.74) is 2.41. The van der Waals surface area contributed by atoms with Crippen molar-refractivity contribution in [2.24, 2.45) is 0 Å². The SMILES string of the molecule is CNC(=O)C(C)N(Cc1ccccc1Cl)C(=O)CN(c1ccc(Cl)cc1C)S(=O)(=O)c1ccc(C)cc1. The molecule has 3 aromatic carbocycles. The van der Waals surface area contributed by atoms with E-state index in [2.05, 4.69) is 5.32 Å². The van der Waals surface area contributed by atoms with Crippen LogP contribution in [0, 0.1) is 13.8 Å². The molecule has 0 aliphatic carbocycles. The number of rotatable bonds is 9. The molecule has 0 spiro atoms. The molecule has 0 radical (unpaired) electrons. The number of hydrogen-bond acceptors (Lipinski definition) is 4. The van der Waals surface area contributed by atoms with Gasteiger partial charge in [0.2, 0.25) is 11.8 Å². The van der Waals surface area contributed by atoms with E-state index in [-0.39, 0.29) is 11.4 Å². The Balaban J connectivity index is 2.08. The van der Waals surface area contributed by atoms with Crippen molar-refractivity contribution in [1.29, 1.82) is 0 Å². The van der Waals surface area contributed by atoms with E-state index < -0.39 is 34.4 Å². The van der Waals surface area contributed by atoms with Crippen LogP contribution in [0.3, 0.4) is 0 Å². The minimum absolute atomic E-state index is 0.0190. The molecule has 0 bridgehead atoms. The molecular formula is C27H29Cl2N3O4S. The fourth-order valence-corrected chi connectivity index (χ4v) is 5.75. The summed E-state index contributed by atoms with van der Waals surface area (Å²) in [5, 5.41) is 3.42. The first kappa shape index (κ1) is 28.5. The van der Waals surface area contributed by atoms with Crippen LogP contribution in [0.4, 0.5) is 5.69 Å². The maximum absolute atomic E-state index is 13.8. The molecule has 7 nitrogen and oxygen atoms in total. The van der Waals surface area contributed by atoms with Crippen molar-refractivity contribution in [1.82, 2.24) is 10.2 Å². The first-order valence-electron chi connectivity index (χ1n) is 11.6. The van der Waals surface area contributed by atoms with Crippen LogP contribution in [0.25, 0.3) is 0 Å². The number of carbonyl (C=O) groups excluding carboxylic acids is 2. The Hall–Kier alpha value is -3.07. The molecule has 196 valence electrons. The molecule has 1 N–H and O–H groups in total. The van der Waals surface area contributed by atoms with Crippen molar-refractivity contribution in [2.45, 2.75) is 38.3 Å². The van der Waals surface area contributed by atoms with Gasteiger partial charge in [-0.3, -0.25) is 13.9 Å². The number of hydrogen-bond donors (Lipinski definition) is 1. The third-order valence-electron chi connectivity index (χ3n) is 6.03. The highest BCUT2D eigenvalue weighted by Gasteiger charge is 2.33. The number of nitrogens with zero attached hydrogens (tertiary/aromatic N) is 2. The Kier molecular flexibility index (Phi) is 9.23. The van der Waals surface area contributed by atoms with Gasteiger partial charge in [-0.1, -0.05) is 59.1 Å². The molecule has 1 atom stereocenters. The predicted molar refractivity (Wildman–Crippen MR) is 147 cm³/mol. The number of halogens is 2. The Morgan fingerprint density at radius 3 is 2.22 bits per heavy atom. The maximum Gasteiger partial charge on any atom is 0.264 e. The van der Waals surface area contributed by atoms with Crippen LogP contribution in [-0.4, -0.2) is 44.8 Å². The number of likely N-dealkylation sites (N-methyl/N-ethyl adjacent to an activating group) is 1. The molecule has 0 heterocycles. The van der Waals surface area contributed by atoms with Crippen LogP contribution in [0.2, 0.25) is 10.0 Å². The van der Waals surface area contributed by atoms with Gasteiger partial charge in [-0.25, -0.2) is 8.42 Å². The van der Waals surface area contributed by atoms with Crippen molar-refractivity contribution in [3.05, 3.63) is 93.5 Å². The molecule has 0 aliphatic heterocycles. The van der Waals surface area contributed by atoms with E-state index in [9.17, 15) is 18.0 Å². The van der Waals surface area contributed by atoms with Crippen molar-refractivity contribution < 1.29 is 18.0 Å². The minimum atomic E-state index is -4.15. The van der Waals surface area contributed by atoms with Gasteiger partial charge >= 0.3 is 0 Å². The minimum Gasteiger partial charge on any atom is -0.357 e. The van der Waals surface area contributed by atoms with Crippen LogP contribution in [0.1, 0.15) is 23.6 Å². The largest absolute Gasteiger partial charge is 0.357 e. The number of carbonyl (C=O) groups is 2. The van der Waals surface area contributed by atoms with Crippen LogP contribution in [-0.2, 0) is 26.2 Å². The summed E-state index contributed by atoms with van der Waals surface area (Å²) in [6, 6.07) is 17.3. The summed E-state index contributed by atoms with van der Waals surface area (Å²) in [6.07, 6.45) is 0. The highest BCUT2D eigenvalue weighted by Crippen LogP contribution is 2.30. The van der Waals surface area contributed by atoms with E-state index in [1.165, 1.54) is 24.1 Å². The molecule has 0 fully saturated rings. The second-order valence-electron chi connectivity index (χ2n) is 8.66. The molecular weight excluding hydrogens is 533 g/mol. The van der Waals surface area contributed by atoms with Crippen molar-refractivity contribution in [2.75, 3.05) is 17.9 Å². The van der Waals surface area contributed by atoms with Gasteiger partial charge in [0.15, 0.2) is 0 Å². The zero-order chi connectivity index (χ0) is 27.3. The van der Waals surface area contributed by atoms with E-state index in [0.29, 0.717) is 26.9 Å². The lowest BCUT2D eigenvalue weighted by Crippen LogP contribution is -2.50. The third kappa shape index (κ3) is 6.63. The van der Waals surface area contributed by atoms with E-state index >= 15 is 0 Å². The second-order valence-corrected chi connectivity index (χ2v) is 11.4. The molecule has 1 unspecified atom stereocenters. The lowest BCUT2D eigenvalue weighted by molar-refractivity contribution is -0.139. The molecule has 3 aromatic rings. The van der Waals surface area contributed by atoms with E-state index in [1.807, 2.05) is 6.92 Å². The molecule has 0 saturated heterocycles. The highest BCUT2D eigenvalue weighted by molar-refractivity contribution is 7.92. The smallest absolute Gasteiger partial charge is 0.264 e. The lowest BCUT2D eigenvalue weighted by Gasteiger charge is -2.32. The highest BCUT2D eigenvalue weighted by atomic mass is 35.5. The van der Waals surface area contributed by atoms with Gasteiger partial charge in [0.05, 0.1) is 10.6 Å². The molecule has 37 heavy (non-hydrogen) atoms. The third-order valence-corrected chi connectivity index (χ3v) is 8.41. The summed E-state index contributed by atoms with van der Waals surface area (Å²) >= 11 is 12.5. The van der Waals surface area contributed by atoms with Gasteiger partial charge in [-0.05, 0) is 68.3 Å². The Bertz CT molecular complexity index is 1400. The molecule has 3 rings (SSSR count). The summed E-state index contributed by atoms with van der Waals surface area (Å²) in [6.45, 7) is 4.64. The predicted octanol–water partition coefficient (Wildman–Crippen LogP) is 4.97. The van der Waals surface area contributed by atoms with Crippen LogP contribution in [0.15, 0.2) is 71.6 Å². The number of sulfonamides is 1. The summed E-state index contributed by atoms with van der Waals surface area (Å²) in [7, 11) is -2.68. The van der Waals surface area contributed by atoms with Crippen molar-refractivity contribution >= 4 is 50.7 Å². The molecule has 0 aromatic heterocycles. The molecule has 0 saturated carbocycles. The molecule has 10 heteroatoms. The number of amides is 2. The monoisotopic (exact) mass is 561 g/mol. The Morgan fingerprint density at radius 1 is 0.973 bits per heavy atom. The van der Waals surface area contributed by atoms with Gasteiger partial charge in [-0.15, -0.1) is 0 Å². The first-order chi connectivity index (χ1) is 17.4. The molecule has 2 amide bonds.